The first kappa shape index (κ1) is 16.5. The van der Waals surface area contributed by atoms with Crippen molar-refractivity contribution in [2.45, 2.75) is 31.9 Å². The third-order valence-electron chi connectivity index (χ3n) is 3.81. The van der Waals surface area contributed by atoms with Crippen molar-refractivity contribution in [3.05, 3.63) is 42.0 Å². The largest absolute Gasteiger partial charge is 0.489 e. The molecular formula is C17H23NO4. The average molecular weight is 305 g/mol. The van der Waals surface area contributed by atoms with Crippen LogP contribution in [0.1, 0.15) is 31.4 Å². The minimum atomic E-state index is -0.812. The van der Waals surface area contributed by atoms with Crippen molar-refractivity contribution in [1.82, 2.24) is 4.90 Å². The standard InChI is InChI=1S/C17H23NO4/c1-12(2)11-22-14-7-5-13(6-8-14)16(19)10-18-9-3-4-15(18)17(20)21/h5-8,15-16,19H,1,3-4,9-11H2,2H3,(H,20,21). The number of nitrogens with zero attached hydrogens (tertiary/aromatic N) is 1. The maximum Gasteiger partial charge on any atom is 0.320 e. The predicted molar refractivity (Wildman–Crippen MR) is 83.9 cm³/mol. The maximum atomic E-state index is 11.2. The highest BCUT2D eigenvalue weighted by Crippen LogP contribution is 2.23. The van der Waals surface area contributed by atoms with Crippen LogP contribution in [0.25, 0.3) is 0 Å². The van der Waals surface area contributed by atoms with Gasteiger partial charge in [-0.1, -0.05) is 18.7 Å². The number of aliphatic hydroxyl groups is 1. The normalized spacial score (nSPS) is 19.8. The van der Waals surface area contributed by atoms with Crippen molar-refractivity contribution in [2.75, 3.05) is 19.7 Å². The first-order chi connectivity index (χ1) is 10.5. The van der Waals surface area contributed by atoms with E-state index in [9.17, 15) is 9.90 Å². The maximum absolute atomic E-state index is 11.2. The Morgan fingerprint density at radius 1 is 1.45 bits per heavy atom. The molecule has 0 amide bonds. The first-order valence-electron chi connectivity index (χ1n) is 7.49. The summed E-state index contributed by atoms with van der Waals surface area (Å²) in [5, 5.41) is 19.5. The van der Waals surface area contributed by atoms with Gasteiger partial charge in [0.25, 0.3) is 0 Å². The summed E-state index contributed by atoms with van der Waals surface area (Å²) in [5.41, 5.74) is 1.71. The Bertz CT molecular complexity index is 526. The Balaban J connectivity index is 1.93. The second kappa shape index (κ2) is 7.42. The van der Waals surface area contributed by atoms with Gasteiger partial charge in [0.05, 0.1) is 6.10 Å². The lowest BCUT2D eigenvalue weighted by atomic mass is 10.1. The molecule has 1 aromatic carbocycles. The molecule has 1 fully saturated rings. The average Bonchev–Trinajstić information content (AvgIpc) is 2.94. The van der Waals surface area contributed by atoms with E-state index >= 15 is 0 Å². The number of likely N-dealkylation sites (tertiary alicyclic amines) is 1. The van der Waals surface area contributed by atoms with Gasteiger partial charge in [0, 0.05) is 6.54 Å². The molecule has 2 N–H and O–H groups in total. The molecular weight excluding hydrogens is 282 g/mol. The van der Waals surface area contributed by atoms with Gasteiger partial charge in [-0.3, -0.25) is 9.69 Å². The minimum absolute atomic E-state index is 0.336. The molecule has 1 aliphatic rings. The van der Waals surface area contributed by atoms with E-state index in [4.69, 9.17) is 9.84 Å². The Morgan fingerprint density at radius 2 is 2.14 bits per heavy atom. The summed E-state index contributed by atoms with van der Waals surface area (Å²) in [6.07, 6.45) is 0.808. The van der Waals surface area contributed by atoms with Crippen LogP contribution in [0.15, 0.2) is 36.4 Å². The van der Waals surface area contributed by atoms with E-state index < -0.39 is 18.1 Å². The van der Waals surface area contributed by atoms with Crippen molar-refractivity contribution >= 4 is 5.97 Å². The second-order valence-corrected chi connectivity index (χ2v) is 5.82. The molecule has 0 aliphatic carbocycles. The van der Waals surface area contributed by atoms with Crippen molar-refractivity contribution in [3.63, 3.8) is 0 Å². The number of ether oxygens (including phenoxy) is 1. The summed E-state index contributed by atoms with van der Waals surface area (Å²) < 4.78 is 5.51. The fourth-order valence-corrected chi connectivity index (χ4v) is 2.64. The summed E-state index contributed by atoms with van der Waals surface area (Å²) in [6, 6.07) is 6.75. The molecule has 0 bridgehead atoms. The van der Waals surface area contributed by atoms with Gasteiger partial charge >= 0.3 is 5.97 Å². The quantitative estimate of drug-likeness (QED) is 0.756. The van der Waals surface area contributed by atoms with Gasteiger partial charge in [-0.2, -0.15) is 0 Å². The van der Waals surface area contributed by atoms with Crippen LogP contribution in [0, 0.1) is 0 Å². The van der Waals surface area contributed by atoms with E-state index in [-0.39, 0.29) is 0 Å². The lowest BCUT2D eigenvalue weighted by Crippen LogP contribution is -2.38. The number of rotatable bonds is 7. The molecule has 22 heavy (non-hydrogen) atoms. The van der Waals surface area contributed by atoms with Crippen LogP contribution >= 0.6 is 0 Å². The summed E-state index contributed by atoms with van der Waals surface area (Å²) in [7, 11) is 0. The van der Waals surface area contributed by atoms with Crippen molar-refractivity contribution < 1.29 is 19.7 Å². The lowest BCUT2D eigenvalue weighted by molar-refractivity contribution is -0.142. The summed E-state index contributed by atoms with van der Waals surface area (Å²) in [4.78, 5) is 13.0. The van der Waals surface area contributed by atoms with Crippen molar-refractivity contribution in [3.8, 4) is 5.75 Å². The van der Waals surface area contributed by atoms with Gasteiger partial charge in [-0.15, -0.1) is 0 Å². The predicted octanol–water partition coefficient (Wildman–Crippen LogP) is 2.22. The van der Waals surface area contributed by atoms with Gasteiger partial charge in [-0.25, -0.2) is 0 Å². The van der Waals surface area contributed by atoms with E-state index in [1.165, 1.54) is 0 Å². The van der Waals surface area contributed by atoms with Crippen LogP contribution in [0.4, 0.5) is 0 Å². The van der Waals surface area contributed by atoms with Crippen LogP contribution in [-0.4, -0.2) is 46.8 Å². The number of carbonyl (C=O) groups is 1. The first-order valence-corrected chi connectivity index (χ1v) is 7.49. The second-order valence-electron chi connectivity index (χ2n) is 5.82. The molecule has 5 heteroatoms. The summed E-state index contributed by atoms with van der Waals surface area (Å²) >= 11 is 0. The van der Waals surface area contributed by atoms with Gasteiger partial charge < -0.3 is 14.9 Å². The highest BCUT2D eigenvalue weighted by atomic mass is 16.5. The third-order valence-corrected chi connectivity index (χ3v) is 3.81. The number of aliphatic hydroxyl groups excluding tert-OH is 1. The van der Waals surface area contributed by atoms with Crippen LogP contribution in [0.2, 0.25) is 0 Å². The summed E-state index contributed by atoms with van der Waals surface area (Å²) in [6.45, 7) is 7.19. The molecule has 1 aliphatic heterocycles. The Hall–Kier alpha value is -1.85. The van der Waals surface area contributed by atoms with Crippen LogP contribution in [0.3, 0.4) is 0 Å². The Labute approximate surface area is 130 Å². The number of β-amino-alcohol motifs (C(OH)–C–C–N with tert-alkyl or cyclic N) is 1. The number of hydrogen-bond donors (Lipinski definition) is 2. The number of hydrogen-bond acceptors (Lipinski definition) is 4. The molecule has 0 aromatic heterocycles. The fourth-order valence-electron chi connectivity index (χ4n) is 2.64. The molecule has 2 unspecified atom stereocenters. The number of benzene rings is 1. The molecule has 0 spiro atoms. The van der Waals surface area contributed by atoms with Crippen LogP contribution in [-0.2, 0) is 4.79 Å². The van der Waals surface area contributed by atoms with Gasteiger partial charge in [-0.05, 0) is 49.6 Å². The van der Waals surface area contributed by atoms with E-state index in [0.717, 1.165) is 23.3 Å². The van der Waals surface area contributed by atoms with Crippen LogP contribution < -0.4 is 4.74 Å². The summed E-state index contributed by atoms with van der Waals surface area (Å²) in [5.74, 6) is -0.0863. The zero-order valence-electron chi connectivity index (χ0n) is 12.9. The molecule has 2 rings (SSSR count). The molecule has 1 aromatic rings. The monoisotopic (exact) mass is 305 g/mol. The van der Waals surface area contributed by atoms with Gasteiger partial charge in [0.2, 0.25) is 0 Å². The smallest absolute Gasteiger partial charge is 0.320 e. The van der Waals surface area contributed by atoms with E-state index in [2.05, 4.69) is 6.58 Å². The molecule has 1 heterocycles. The van der Waals surface area contributed by atoms with Gasteiger partial charge in [0.1, 0.15) is 18.4 Å². The molecule has 2 atom stereocenters. The van der Waals surface area contributed by atoms with E-state index in [1.54, 1.807) is 12.1 Å². The molecule has 120 valence electrons. The number of aliphatic carboxylic acids is 1. The molecule has 5 nitrogen and oxygen atoms in total. The van der Waals surface area contributed by atoms with Gasteiger partial charge in [0.15, 0.2) is 0 Å². The SMILES string of the molecule is C=C(C)COc1ccc(C(O)CN2CCCC2C(=O)O)cc1. The fraction of sp³-hybridized carbons (Fsp3) is 0.471. The Morgan fingerprint density at radius 3 is 2.73 bits per heavy atom. The Kier molecular flexibility index (Phi) is 5.57. The van der Waals surface area contributed by atoms with E-state index in [0.29, 0.717) is 26.1 Å². The van der Waals surface area contributed by atoms with Crippen LogP contribution in [0.5, 0.6) is 5.75 Å². The number of carboxylic acid groups (broad SMARTS) is 1. The zero-order valence-corrected chi connectivity index (χ0v) is 12.9. The van der Waals surface area contributed by atoms with Crippen molar-refractivity contribution in [1.29, 1.82) is 0 Å². The topological polar surface area (TPSA) is 70.0 Å². The molecule has 1 saturated heterocycles. The molecule has 0 radical (unpaired) electrons. The third kappa shape index (κ3) is 4.32. The van der Waals surface area contributed by atoms with E-state index in [1.807, 2.05) is 24.0 Å². The zero-order chi connectivity index (χ0) is 16.1. The highest BCUT2D eigenvalue weighted by Gasteiger charge is 2.31. The minimum Gasteiger partial charge on any atom is -0.489 e. The molecule has 0 saturated carbocycles. The number of carboxylic acids is 1. The highest BCUT2D eigenvalue weighted by molar-refractivity contribution is 5.73. The lowest BCUT2D eigenvalue weighted by Gasteiger charge is -2.24. The van der Waals surface area contributed by atoms with Crippen molar-refractivity contribution in [2.24, 2.45) is 0 Å².